The molecule has 102 valence electrons. The average Bonchev–Trinajstić information content (AvgIpc) is 2.72. The van der Waals surface area contributed by atoms with E-state index in [0.29, 0.717) is 0 Å². The molecule has 18 heavy (non-hydrogen) atoms. The SMILES string of the molecule is COCCCc1noc(C2CCCCCC2N)n1. The van der Waals surface area contributed by atoms with Crippen molar-refractivity contribution in [3.05, 3.63) is 11.7 Å². The maximum Gasteiger partial charge on any atom is 0.231 e. The fraction of sp³-hybridized carbons (Fsp3) is 0.846. The lowest BCUT2D eigenvalue weighted by molar-refractivity contribution is 0.194. The molecule has 0 aromatic carbocycles. The highest BCUT2D eigenvalue weighted by Crippen LogP contribution is 2.29. The first-order valence-electron chi connectivity index (χ1n) is 6.88. The molecule has 0 bridgehead atoms. The van der Waals surface area contributed by atoms with E-state index in [1.54, 1.807) is 7.11 Å². The number of hydrogen-bond donors (Lipinski definition) is 1. The monoisotopic (exact) mass is 253 g/mol. The van der Waals surface area contributed by atoms with Crippen molar-refractivity contribution in [2.75, 3.05) is 13.7 Å². The Morgan fingerprint density at radius 2 is 2.17 bits per heavy atom. The molecule has 1 aromatic rings. The maximum absolute atomic E-state index is 6.19. The third-order valence-corrected chi connectivity index (χ3v) is 3.62. The highest BCUT2D eigenvalue weighted by molar-refractivity contribution is 4.99. The third kappa shape index (κ3) is 3.53. The standard InChI is InChI=1S/C13H23N3O2/c1-17-9-5-8-12-15-13(18-16-12)10-6-3-2-4-7-11(10)14/h10-11H,2-9,14H2,1H3. The van der Waals surface area contributed by atoms with Gasteiger partial charge < -0.3 is 15.0 Å². The summed E-state index contributed by atoms with van der Waals surface area (Å²) in [5.74, 6) is 1.76. The van der Waals surface area contributed by atoms with E-state index in [9.17, 15) is 0 Å². The minimum absolute atomic E-state index is 0.166. The summed E-state index contributed by atoms with van der Waals surface area (Å²) in [6.45, 7) is 0.729. The molecule has 1 aliphatic carbocycles. The molecule has 1 aliphatic rings. The molecule has 5 nitrogen and oxygen atoms in total. The Balaban J connectivity index is 1.95. The number of nitrogens with two attached hydrogens (primary N) is 1. The molecule has 0 amide bonds. The van der Waals surface area contributed by atoms with E-state index >= 15 is 0 Å². The van der Waals surface area contributed by atoms with Gasteiger partial charge in [0.1, 0.15) is 0 Å². The Morgan fingerprint density at radius 3 is 3.00 bits per heavy atom. The van der Waals surface area contributed by atoms with Crippen LogP contribution in [0.3, 0.4) is 0 Å². The van der Waals surface area contributed by atoms with Crippen LogP contribution in [0.2, 0.25) is 0 Å². The van der Waals surface area contributed by atoms with E-state index in [0.717, 1.165) is 44.0 Å². The summed E-state index contributed by atoms with van der Waals surface area (Å²) in [5.41, 5.74) is 6.19. The molecule has 5 heteroatoms. The van der Waals surface area contributed by atoms with Crippen LogP contribution in [0.4, 0.5) is 0 Å². The Hall–Kier alpha value is -0.940. The van der Waals surface area contributed by atoms with Gasteiger partial charge in [0, 0.05) is 26.2 Å². The zero-order valence-corrected chi connectivity index (χ0v) is 11.1. The normalized spacial score (nSPS) is 25.0. The van der Waals surface area contributed by atoms with Gasteiger partial charge >= 0.3 is 0 Å². The van der Waals surface area contributed by atoms with Crippen LogP contribution in [-0.4, -0.2) is 29.9 Å². The number of hydrogen-bond acceptors (Lipinski definition) is 5. The van der Waals surface area contributed by atoms with Crippen molar-refractivity contribution < 1.29 is 9.26 Å². The van der Waals surface area contributed by atoms with E-state index in [2.05, 4.69) is 10.1 Å². The molecule has 1 saturated carbocycles. The first kappa shape index (κ1) is 13.5. The first-order chi connectivity index (χ1) is 8.81. The van der Waals surface area contributed by atoms with Gasteiger partial charge in [0.15, 0.2) is 5.82 Å². The molecule has 2 N–H and O–H groups in total. The third-order valence-electron chi connectivity index (χ3n) is 3.62. The smallest absolute Gasteiger partial charge is 0.231 e. The zero-order valence-electron chi connectivity index (χ0n) is 11.1. The Labute approximate surface area is 108 Å². The second-order valence-electron chi connectivity index (χ2n) is 5.05. The summed E-state index contributed by atoms with van der Waals surface area (Å²) < 4.78 is 10.4. The number of ether oxygens (including phenoxy) is 1. The molecule has 1 heterocycles. The quantitative estimate of drug-likeness (QED) is 0.642. The highest BCUT2D eigenvalue weighted by Gasteiger charge is 2.26. The van der Waals surface area contributed by atoms with E-state index in [1.807, 2.05) is 0 Å². The van der Waals surface area contributed by atoms with Crippen molar-refractivity contribution in [1.82, 2.24) is 10.1 Å². The number of rotatable bonds is 5. The van der Waals surface area contributed by atoms with E-state index in [1.165, 1.54) is 19.3 Å². The average molecular weight is 253 g/mol. The lowest BCUT2D eigenvalue weighted by atomic mass is 9.95. The predicted molar refractivity (Wildman–Crippen MR) is 68.3 cm³/mol. The highest BCUT2D eigenvalue weighted by atomic mass is 16.5. The fourth-order valence-corrected chi connectivity index (χ4v) is 2.54. The predicted octanol–water partition coefficient (Wildman–Crippen LogP) is 2.02. The van der Waals surface area contributed by atoms with Crippen LogP contribution in [0, 0.1) is 0 Å². The second-order valence-corrected chi connectivity index (χ2v) is 5.05. The topological polar surface area (TPSA) is 74.2 Å². The first-order valence-corrected chi connectivity index (χ1v) is 6.88. The molecule has 2 atom stereocenters. The summed E-state index contributed by atoms with van der Waals surface area (Å²) in [5, 5.41) is 4.03. The van der Waals surface area contributed by atoms with Gasteiger partial charge in [-0.1, -0.05) is 24.4 Å². The number of aromatic nitrogens is 2. The van der Waals surface area contributed by atoms with Crippen LogP contribution in [-0.2, 0) is 11.2 Å². The van der Waals surface area contributed by atoms with Crippen molar-refractivity contribution in [3.8, 4) is 0 Å². The largest absolute Gasteiger partial charge is 0.385 e. The minimum atomic E-state index is 0.166. The molecule has 1 aromatic heterocycles. The van der Waals surface area contributed by atoms with Gasteiger partial charge in [-0.3, -0.25) is 0 Å². The van der Waals surface area contributed by atoms with Crippen LogP contribution in [0.1, 0.15) is 56.2 Å². The van der Waals surface area contributed by atoms with E-state index in [-0.39, 0.29) is 12.0 Å². The van der Waals surface area contributed by atoms with Gasteiger partial charge in [0.2, 0.25) is 5.89 Å². The van der Waals surface area contributed by atoms with Crippen LogP contribution in [0.25, 0.3) is 0 Å². The van der Waals surface area contributed by atoms with Crippen molar-refractivity contribution in [2.45, 2.75) is 56.9 Å². The zero-order chi connectivity index (χ0) is 12.8. The lowest BCUT2D eigenvalue weighted by Crippen LogP contribution is -2.27. The summed E-state index contributed by atoms with van der Waals surface area (Å²) in [6.07, 6.45) is 7.55. The summed E-state index contributed by atoms with van der Waals surface area (Å²) in [6, 6.07) is 0.166. The van der Waals surface area contributed by atoms with Crippen LogP contribution >= 0.6 is 0 Å². The molecular weight excluding hydrogens is 230 g/mol. The molecule has 0 radical (unpaired) electrons. The molecule has 0 spiro atoms. The summed E-state index contributed by atoms with van der Waals surface area (Å²) in [4.78, 5) is 4.48. The van der Waals surface area contributed by atoms with Crippen LogP contribution < -0.4 is 5.73 Å². The van der Waals surface area contributed by atoms with Gasteiger partial charge in [-0.15, -0.1) is 0 Å². The molecule has 1 fully saturated rings. The van der Waals surface area contributed by atoms with Crippen LogP contribution in [0.5, 0.6) is 0 Å². The van der Waals surface area contributed by atoms with Gasteiger partial charge in [-0.2, -0.15) is 4.98 Å². The number of nitrogens with zero attached hydrogens (tertiary/aromatic N) is 2. The Kier molecular flexibility index (Phi) is 5.13. The number of methoxy groups -OCH3 is 1. The van der Waals surface area contributed by atoms with Crippen molar-refractivity contribution >= 4 is 0 Å². The van der Waals surface area contributed by atoms with Gasteiger partial charge in [-0.05, 0) is 19.3 Å². The molecule has 2 rings (SSSR count). The van der Waals surface area contributed by atoms with E-state index in [4.69, 9.17) is 15.0 Å². The van der Waals surface area contributed by atoms with E-state index < -0.39 is 0 Å². The maximum atomic E-state index is 6.19. The fourth-order valence-electron chi connectivity index (χ4n) is 2.54. The molecular formula is C13H23N3O2. The number of aryl methyl sites for hydroxylation is 1. The second kappa shape index (κ2) is 6.85. The Morgan fingerprint density at radius 1 is 1.33 bits per heavy atom. The van der Waals surface area contributed by atoms with Gasteiger partial charge in [0.05, 0.1) is 5.92 Å². The minimum Gasteiger partial charge on any atom is -0.385 e. The van der Waals surface area contributed by atoms with Crippen molar-refractivity contribution in [1.29, 1.82) is 0 Å². The molecule has 0 aliphatic heterocycles. The van der Waals surface area contributed by atoms with Gasteiger partial charge in [0.25, 0.3) is 0 Å². The van der Waals surface area contributed by atoms with Crippen molar-refractivity contribution in [2.24, 2.45) is 5.73 Å². The molecule has 0 saturated heterocycles. The molecule has 2 unspecified atom stereocenters. The van der Waals surface area contributed by atoms with Crippen molar-refractivity contribution in [3.63, 3.8) is 0 Å². The van der Waals surface area contributed by atoms with Gasteiger partial charge in [-0.25, -0.2) is 0 Å². The Bertz CT molecular complexity index is 354. The summed E-state index contributed by atoms with van der Waals surface area (Å²) >= 11 is 0. The summed E-state index contributed by atoms with van der Waals surface area (Å²) in [7, 11) is 1.70. The lowest BCUT2D eigenvalue weighted by Gasteiger charge is -2.16. The van der Waals surface area contributed by atoms with Crippen LogP contribution in [0.15, 0.2) is 4.52 Å².